The first-order valence-electron chi connectivity index (χ1n) is 7.01. The van der Waals surface area contributed by atoms with Crippen LogP contribution in [-0.2, 0) is 13.5 Å². The number of hydrogen-bond acceptors (Lipinski definition) is 2. The van der Waals surface area contributed by atoms with E-state index in [0.717, 1.165) is 29.3 Å². The average Bonchev–Trinajstić information content (AvgIpc) is 2.72. The van der Waals surface area contributed by atoms with Gasteiger partial charge in [0.1, 0.15) is 0 Å². The number of rotatable bonds is 5. The number of carboxylic acids is 1. The first-order valence-corrected chi connectivity index (χ1v) is 7.01. The Morgan fingerprint density at radius 3 is 2.65 bits per heavy atom. The van der Waals surface area contributed by atoms with Gasteiger partial charge in [0.25, 0.3) is 0 Å². The van der Waals surface area contributed by atoms with Crippen LogP contribution >= 0.6 is 0 Å². The Morgan fingerprint density at radius 2 is 2.10 bits per heavy atom. The molecule has 3 N–H and O–H groups in total. The van der Waals surface area contributed by atoms with Gasteiger partial charge >= 0.3 is 5.97 Å². The fraction of sp³-hybridized carbons (Fsp3) is 0.438. The Morgan fingerprint density at radius 1 is 1.40 bits per heavy atom. The molecule has 0 radical (unpaired) electrons. The number of aromatic carboxylic acids is 1. The fourth-order valence-corrected chi connectivity index (χ4v) is 2.64. The zero-order valence-corrected chi connectivity index (χ0v) is 12.3. The van der Waals surface area contributed by atoms with Crippen molar-refractivity contribution in [2.45, 2.75) is 32.6 Å². The van der Waals surface area contributed by atoms with Crippen molar-refractivity contribution in [3.8, 4) is 0 Å². The predicted octanol–water partition coefficient (Wildman–Crippen LogP) is 2.89. The van der Waals surface area contributed by atoms with Gasteiger partial charge in [0.15, 0.2) is 0 Å². The van der Waals surface area contributed by atoms with Gasteiger partial charge in [-0.05, 0) is 48.6 Å². The van der Waals surface area contributed by atoms with Crippen LogP contribution in [0.5, 0.6) is 0 Å². The normalized spacial score (nSPS) is 11.4. The molecule has 0 bridgehead atoms. The summed E-state index contributed by atoms with van der Waals surface area (Å²) in [7, 11) is 1.90. The molecule has 0 aliphatic heterocycles. The number of nitrogens with zero attached hydrogens (tertiary/aromatic N) is 1. The third-order valence-electron chi connectivity index (χ3n) is 3.73. The molecule has 2 rings (SSSR count). The number of fused-ring (bicyclic) bond motifs is 1. The smallest absolute Gasteiger partial charge is 0.337 e. The summed E-state index contributed by atoms with van der Waals surface area (Å²) in [6, 6.07) is 3.92. The molecule has 0 spiro atoms. The molecule has 20 heavy (non-hydrogen) atoms. The van der Waals surface area contributed by atoms with E-state index in [1.54, 1.807) is 6.07 Å². The second-order valence-corrected chi connectivity index (χ2v) is 5.58. The van der Waals surface area contributed by atoms with Crippen LogP contribution in [0.2, 0.25) is 0 Å². The van der Waals surface area contributed by atoms with Crippen LogP contribution in [0.25, 0.3) is 10.9 Å². The first-order chi connectivity index (χ1) is 9.45. The molecule has 0 aliphatic rings. The monoisotopic (exact) mass is 274 g/mol. The summed E-state index contributed by atoms with van der Waals surface area (Å²) in [5.74, 6) is -0.566. The molecule has 0 atom stereocenters. The Balaban J connectivity index is 2.70. The second kappa shape index (κ2) is 5.67. The standard InChI is InChI=1S/C16H22N2O2/c1-10(2)12-7-13-11(5-4-6-17)9-18(3)15(13)14(8-12)16(19)20/h7-10H,4-6,17H2,1-3H3,(H,19,20). The van der Waals surface area contributed by atoms with Gasteiger partial charge in [-0.25, -0.2) is 4.79 Å². The van der Waals surface area contributed by atoms with E-state index < -0.39 is 5.97 Å². The second-order valence-electron chi connectivity index (χ2n) is 5.58. The predicted molar refractivity (Wildman–Crippen MR) is 81.3 cm³/mol. The minimum absolute atomic E-state index is 0.306. The van der Waals surface area contributed by atoms with Gasteiger partial charge in [-0.2, -0.15) is 0 Å². The molecule has 4 nitrogen and oxygen atoms in total. The summed E-state index contributed by atoms with van der Waals surface area (Å²) in [6.45, 7) is 4.80. The molecule has 0 amide bonds. The number of aromatic nitrogens is 1. The van der Waals surface area contributed by atoms with E-state index in [1.165, 1.54) is 5.56 Å². The Kier molecular flexibility index (Phi) is 4.14. The number of hydrogen-bond donors (Lipinski definition) is 2. The van der Waals surface area contributed by atoms with Crippen LogP contribution in [0.15, 0.2) is 18.3 Å². The van der Waals surface area contributed by atoms with E-state index in [1.807, 2.05) is 17.8 Å². The molecule has 1 heterocycles. The van der Waals surface area contributed by atoms with E-state index in [9.17, 15) is 9.90 Å². The highest BCUT2D eigenvalue weighted by Gasteiger charge is 2.17. The number of carbonyl (C=O) groups is 1. The van der Waals surface area contributed by atoms with Crippen molar-refractivity contribution in [2.75, 3.05) is 6.54 Å². The Hall–Kier alpha value is -1.81. The lowest BCUT2D eigenvalue weighted by molar-refractivity contribution is 0.0698. The van der Waals surface area contributed by atoms with Crippen LogP contribution in [0.3, 0.4) is 0 Å². The average molecular weight is 274 g/mol. The van der Waals surface area contributed by atoms with Gasteiger partial charge in [-0.3, -0.25) is 0 Å². The summed E-state index contributed by atoms with van der Waals surface area (Å²) < 4.78 is 1.91. The van der Waals surface area contributed by atoms with Crippen molar-refractivity contribution in [3.63, 3.8) is 0 Å². The molecule has 0 fully saturated rings. The molecular weight excluding hydrogens is 252 g/mol. The summed E-state index contributed by atoms with van der Waals surface area (Å²) in [6.07, 6.45) is 3.82. The minimum Gasteiger partial charge on any atom is -0.478 e. The maximum absolute atomic E-state index is 11.5. The number of benzene rings is 1. The maximum Gasteiger partial charge on any atom is 0.337 e. The quantitative estimate of drug-likeness (QED) is 0.881. The van der Waals surface area contributed by atoms with Crippen LogP contribution in [-0.4, -0.2) is 22.2 Å². The summed E-state index contributed by atoms with van der Waals surface area (Å²) >= 11 is 0. The highest BCUT2D eigenvalue weighted by molar-refractivity contribution is 6.03. The number of carboxylic acid groups (broad SMARTS) is 1. The number of aryl methyl sites for hydroxylation is 2. The van der Waals surface area contributed by atoms with E-state index in [4.69, 9.17) is 5.73 Å². The molecule has 0 unspecified atom stereocenters. The van der Waals surface area contributed by atoms with Crippen LogP contribution < -0.4 is 5.73 Å². The zero-order valence-electron chi connectivity index (χ0n) is 12.3. The molecule has 1 aromatic heterocycles. The maximum atomic E-state index is 11.5. The van der Waals surface area contributed by atoms with Gasteiger partial charge in [0.2, 0.25) is 0 Å². The fourth-order valence-electron chi connectivity index (χ4n) is 2.64. The lowest BCUT2D eigenvalue weighted by atomic mass is 9.96. The van der Waals surface area contributed by atoms with E-state index in [2.05, 4.69) is 19.9 Å². The van der Waals surface area contributed by atoms with Crippen molar-refractivity contribution in [1.29, 1.82) is 0 Å². The molecule has 2 aromatic rings. The molecular formula is C16H22N2O2. The van der Waals surface area contributed by atoms with Crippen molar-refractivity contribution < 1.29 is 9.90 Å². The third kappa shape index (κ3) is 2.56. The van der Waals surface area contributed by atoms with Crippen LogP contribution in [0.1, 0.15) is 47.7 Å². The topological polar surface area (TPSA) is 68.2 Å². The summed E-state index contributed by atoms with van der Waals surface area (Å²) in [4.78, 5) is 11.5. The lowest BCUT2D eigenvalue weighted by Gasteiger charge is -2.10. The van der Waals surface area contributed by atoms with Crippen molar-refractivity contribution in [2.24, 2.45) is 12.8 Å². The largest absolute Gasteiger partial charge is 0.478 e. The molecule has 0 saturated carbocycles. The Labute approximate surface area is 119 Å². The van der Waals surface area contributed by atoms with E-state index >= 15 is 0 Å². The third-order valence-corrected chi connectivity index (χ3v) is 3.73. The lowest BCUT2D eigenvalue weighted by Crippen LogP contribution is -2.03. The molecule has 0 saturated heterocycles. The van der Waals surface area contributed by atoms with Crippen molar-refractivity contribution in [3.05, 3.63) is 35.0 Å². The summed E-state index contributed by atoms with van der Waals surface area (Å²) in [5.41, 5.74) is 9.01. The molecule has 4 heteroatoms. The highest BCUT2D eigenvalue weighted by atomic mass is 16.4. The van der Waals surface area contributed by atoms with Gasteiger partial charge in [-0.1, -0.05) is 13.8 Å². The van der Waals surface area contributed by atoms with Gasteiger partial charge < -0.3 is 15.4 Å². The van der Waals surface area contributed by atoms with Crippen molar-refractivity contribution >= 4 is 16.9 Å². The van der Waals surface area contributed by atoms with Gasteiger partial charge in [-0.15, -0.1) is 0 Å². The Bertz CT molecular complexity index is 641. The van der Waals surface area contributed by atoms with E-state index in [0.29, 0.717) is 18.0 Å². The molecule has 108 valence electrons. The van der Waals surface area contributed by atoms with Crippen LogP contribution in [0, 0.1) is 0 Å². The molecule has 1 aromatic carbocycles. The number of nitrogens with two attached hydrogens (primary N) is 1. The van der Waals surface area contributed by atoms with Gasteiger partial charge in [0, 0.05) is 18.6 Å². The van der Waals surface area contributed by atoms with Crippen LogP contribution in [0.4, 0.5) is 0 Å². The van der Waals surface area contributed by atoms with Crippen molar-refractivity contribution in [1.82, 2.24) is 4.57 Å². The molecule has 0 aliphatic carbocycles. The first kappa shape index (κ1) is 14.6. The SMILES string of the molecule is CC(C)c1cc(C(=O)O)c2c(c1)c(CCCN)cn2C. The van der Waals surface area contributed by atoms with E-state index in [-0.39, 0.29) is 0 Å². The minimum atomic E-state index is -0.871. The highest BCUT2D eigenvalue weighted by Crippen LogP contribution is 2.29. The van der Waals surface area contributed by atoms with Gasteiger partial charge in [0.05, 0.1) is 11.1 Å². The summed E-state index contributed by atoms with van der Waals surface area (Å²) in [5, 5.41) is 10.5. The zero-order chi connectivity index (χ0) is 14.9.